The summed E-state index contributed by atoms with van der Waals surface area (Å²) in [5.74, 6) is 0.562. The zero-order valence-electron chi connectivity index (χ0n) is 12.3. The van der Waals surface area contributed by atoms with Crippen LogP contribution >= 0.6 is 0 Å². The molecular weight excluding hydrogens is 292 g/mol. The van der Waals surface area contributed by atoms with E-state index in [1.807, 2.05) is 35.9 Å². The largest absolute Gasteiger partial charge is 0.327 e. The van der Waals surface area contributed by atoms with E-state index in [-0.39, 0.29) is 5.69 Å². The summed E-state index contributed by atoms with van der Waals surface area (Å²) in [4.78, 5) is 14.7. The Morgan fingerprint density at radius 2 is 1.96 bits per heavy atom. The van der Waals surface area contributed by atoms with Crippen molar-refractivity contribution in [3.8, 4) is 6.07 Å². The summed E-state index contributed by atoms with van der Waals surface area (Å²) in [6.07, 6.45) is 1.67. The molecule has 1 aromatic heterocycles. The summed E-state index contributed by atoms with van der Waals surface area (Å²) in [6.45, 7) is 0. The fraction of sp³-hybridized carbons (Fsp3) is 0.0588. The number of rotatable bonds is 3. The minimum absolute atomic E-state index is 0.0170. The molecule has 2 aromatic carbocycles. The molecular formula is C17H12N4O2. The first kappa shape index (κ1) is 14.5. The maximum atomic E-state index is 10.7. The summed E-state index contributed by atoms with van der Waals surface area (Å²) >= 11 is 0. The molecule has 0 fully saturated rings. The lowest BCUT2D eigenvalue weighted by atomic mass is 10.1. The van der Waals surface area contributed by atoms with Crippen LogP contribution in [0.2, 0.25) is 0 Å². The molecule has 0 spiro atoms. The topological polar surface area (TPSA) is 84.8 Å². The van der Waals surface area contributed by atoms with E-state index in [9.17, 15) is 15.4 Å². The van der Waals surface area contributed by atoms with Gasteiger partial charge in [-0.1, -0.05) is 12.1 Å². The molecule has 0 aliphatic carbocycles. The van der Waals surface area contributed by atoms with E-state index in [4.69, 9.17) is 0 Å². The number of benzene rings is 2. The molecule has 0 unspecified atom stereocenters. The van der Waals surface area contributed by atoms with Crippen LogP contribution in [0.4, 0.5) is 5.69 Å². The Morgan fingerprint density at radius 3 is 2.57 bits per heavy atom. The molecule has 23 heavy (non-hydrogen) atoms. The van der Waals surface area contributed by atoms with Crippen molar-refractivity contribution in [2.45, 2.75) is 0 Å². The van der Waals surface area contributed by atoms with Crippen molar-refractivity contribution in [2.75, 3.05) is 0 Å². The lowest BCUT2D eigenvalue weighted by Crippen LogP contribution is -1.96. The molecule has 1 heterocycles. The molecule has 3 rings (SSSR count). The van der Waals surface area contributed by atoms with Gasteiger partial charge in [-0.25, -0.2) is 4.98 Å². The fourth-order valence-corrected chi connectivity index (χ4v) is 2.39. The third-order valence-electron chi connectivity index (χ3n) is 3.56. The number of nitro groups is 1. The second kappa shape index (κ2) is 5.73. The van der Waals surface area contributed by atoms with Crippen LogP contribution in [0.5, 0.6) is 0 Å². The molecule has 3 aromatic rings. The molecule has 0 aliphatic heterocycles. The number of hydrogen-bond acceptors (Lipinski definition) is 4. The van der Waals surface area contributed by atoms with E-state index >= 15 is 0 Å². The van der Waals surface area contributed by atoms with Gasteiger partial charge in [0, 0.05) is 19.2 Å². The molecule has 0 N–H and O–H groups in total. The fourth-order valence-electron chi connectivity index (χ4n) is 2.39. The van der Waals surface area contributed by atoms with Crippen molar-refractivity contribution in [3.63, 3.8) is 0 Å². The Bertz CT molecular complexity index is 962. The van der Waals surface area contributed by atoms with Gasteiger partial charge in [0.2, 0.25) is 0 Å². The van der Waals surface area contributed by atoms with Crippen LogP contribution in [0.25, 0.3) is 22.7 Å². The molecule has 0 radical (unpaired) electrons. The monoisotopic (exact) mass is 304 g/mol. The van der Waals surface area contributed by atoms with Gasteiger partial charge in [-0.15, -0.1) is 0 Å². The van der Waals surface area contributed by atoms with Gasteiger partial charge in [-0.3, -0.25) is 10.1 Å². The van der Waals surface area contributed by atoms with Crippen molar-refractivity contribution in [1.82, 2.24) is 9.55 Å². The van der Waals surface area contributed by atoms with Crippen LogP contribution in [-0.2, 0) is 7.05 Å². The van der Waals surface area contributed by atoms with Crippen LogP contribution in [0.15, 0.2) is 48.5 Å². The van der Waals surface area contributed by atoms with Crippen LogP contribution in [-0.4, -0.2) is 14.5 Å². The Morgan fingerprint density at radius 1 is 1.26 bits per heavy atom. The van der Waals surface area contributed by atoms with Gasteiger partial charge < -0.3 is 4.57 Å². The van der Waals surface area contributed by atoms with E-state index in [1.54, 1.807) is 18.2 Å². The third kappa shape index (κ3) is 2.68. The second-order valence-corrected chi connectivity index (χ2v) is 5.00. The number of hydrogen-bond donors (Lipinski definition) is 0. The molecule has 6 nitrogen and oxygen atoms in total. The maximum Gasteiger partial charge on any atom is 0.269 e. The van der Waals surface area contributed by atoms with Crippen LogP contribution in [0.1, 0.15) is 11.4 Å². The van der Waals surface area contributed by atoms with Gasteiger partial charge in [-0.2, -0.15) is 5.26 Å². The van der Waals surface area contributed by atoms with Crippen LogP contribution in [0.3, 0.4) is 0 Å². The van der Waals surface area contributed by atoms with Crippen molar-refractivity contribution >= 4 is 28.4 Å². The van der Waals surface area contributed by atoms with E-state index in [2.05, 4.69) is 11.1 Å². The van der Waals surface area contributed by atoms with Crippen LogP contribution in [0, 0.1) is 21.4 Å². The SMILES string of the molecule is Cn1c(/C(C#N)=C/c2ccc([N+](=O)[O-])cc2)nc2ccccc21. The van der Waals surface area contributed by atoms with Crippen LogP contribution < -0.4 is 0 Å². The number of nitriles is 1. The Hall–Kier alpha value is -3.46. The first-order chi connectivity index (χ1) is 11.1. The maximum absolute atomic E-state index is 10.7. The van der Waals surface area contributed by atoms with Gasteiger partial charge in [0.25, 0.3) is 5.69 Å². The highest BCUT2D eigenvalue weighted by atomic mass is 16.6. The summed E-state index contributed by atoms with van der Waals surface area (Å²) in [5, 5.41) is 20.1. The Balaban J connectivity index is 2.06. The van der Waals surface area contributed by atoms with E-state index in [0.717, 1.165) is 11.0 Å². The normalized spacial score (nSPS) is 11.4. The summed E-state index contributed by atoms with van der Waals surface area (Å²) in [7, 11) is 1.85. The number of allylic oxidation sites excluding steroid dienone is 1. The van der Waals surface area contributed by atoms with E-state index < -0.39 is 4.92 Å². The lowest BCUT2D eigenvalue weighted by molar-refractivity contribution is -0.384. The first-order valence-electron chi connectivity index (χ1n) is 6.88. The number of fused-ring (bicyclic) bond motifs is 1. The zero-order valence-corrected chi connectivity index (χ0v) is 12.3. The van der Waals surface area contributed by atoms with Gasteiger partial charge in [0.15, 0.2) is 5.82 Å². The van der Waals surface area contributed by atoms with Crippen molar-refractivity contribution in [1.29, 1.82) is 5.26 Å². The zero-order chi connectivity index (χ0) is 16.4. The first-order valence-corrected chi connectivity index (χ1v) is 6.88. The molecule has 0 saturated carbocycles. The summed E-state index contributed by atoms with van der Waals surface area (Å²) in [5.41, 5.74) is 2.88. The number of aromatic nitrogens is 2. The van der Waals surface area contributed by atoms with Gasteiger partial charge in [0.1, 0.15) is 6.07 Å². The molecule has 0 atom stereocenters. The number of nitrogens with zero attached hydrogens (tertiary/aromatic N) is 4. The average molecular weight is 304 g/mol. The van der Waals surface area contributed by atoms with E-state index in [1.165, 1.54) is 12.1 Å². The predicted molar refractivity (Wildman–Crippen MR) is 87.3 cm³/mol. The minimum atomic E-state index is -0.454. The molecule has 0 saturated heterocycles. The summed E-state index contributed by atoms with van der Waals surface area (Å²) < 4.78 is 1.86. The standard InChI is InChI=1S/C17H12N4O2/c1-20-16-5-3-2-4-15(16)19-17(20)13(11-18)10-12-6-8-14(9-7-12)21(22)23/h2-10H,1H3/b13-10+. The predicted octanol–water partition coefficient (Wildman–Crippen LogP) is 3.55. The quantitative estimate of drug-likeness (QED) is 0.421. The van der Waals surface area contributed by atoms with Gasteiger partial charge in [-0.05, 0) is 35.9 Å². The number of imidazole rings is 1. The second-order valence-electron chi connectivity index (χ2n) is 5.00. The smallest absolute Gasteiger partial charge is 0.269 e. The minimum Gasteiger partial charge on any atom is -0.327 e. The van der Waals surface area contributed by atoms with Crippen molar-refractivity contribution in [2.24, 2.45) is 7.05 Å². The Labute approximate surface area is 132 Å². The Kier molecular flexibility index (Phi) is 3.61. The molecule has 112 valence electrons. The van der Waals surface area contributed by atoms with Crippen molar-refractivity contribution < 1.29 is 4.92 Å². The van der Waals surface area contributed by atoms with Gasteiger partial charge >= 0.3 is 0 Å². The van der Waals surface area contributed by atoms with Gasteiger partial charge in [0.05, 0.1) is 21.5 Å². The highest BCUT2D eigenvalue weighted by Crippen LogP contribution is 2.22. The molecule has 0 aliphatic rings. The molecule has 6 heteroatoms. The molecule has 0 bridgehead atoms. The molecule has 0 amide bonds. The average Bonchev–Trinajstić information content (AvgIpc) is 2.90. The highest BCUT2D eigenvalue weighted by molar-refractivity contribution is 5.90. The lowest BCUT2D eigenvalue weighted by Gasteiger charge is -2.01. The number of nitro benzene ring substituents is 1. The number of aryl methyl sites for hydroxylation is 1. The van der Waals surface area contributed by atoms with E-state index in [0.29, 0.717) is 17.0 Å². The van der Waals surface area contributed by atoms with Crippen molar-refractivity contribution in [3.05, 3.63) is 70.0 Å². The highest BCUT2D eigenvalue weighted by Gasteiger charge is 2.12. The number of para-hydroxylation sites is 2. The number of non-ortho nitro benzene ring substituents is 1. The third-order valence-corrected chi connectivity index (χ3v) is 3.56. The summed E-state index contributed by atoms with van der Waals surface area (Å²) in [6, 6.07) is 15.8.